The van der Waals surface area contributed by atoms with Crippen molar-refractivity contribution in [1.29, 1.82) is 0 Å². The number of aliphatic carboxylic acids is 2. The van der Waals surface area contributed by atoms with Crippen molar-refractivity contribution in [2.45, 2.75) is 70.6 Å². The molecule has 0 saturated heterocycles. The Morgan fingerprint density at radius 1 is 0.571 bits per heavy atom. The van der Waals surface area contributed by atoms with Crippen molar-refractivity contribution in [3.05, 3.63) is 0 Å². The Labute approximate surface area is 127 Å². The van der Waals surface area contributed by atoms with E-state index in [1.54, 1.807) is 0 Å². The van der Waals surface area contributed by atoms with Crippen LogP contribution in [0.25, 0.3) is 0 Å². The van der Waals surface area contributed by atoms with E-state index in [0.717, 1.165) is 45.2 Å². The largest absolute Gasteiger partial charge is 0.481 e. The average Bonchev–Trinajstić information content (AvgIpc) is 2.43. The van der Waals surface area contributed by atoms with Crippen LogP contribution in [-0.4, -0.2) is 35.2 Å². The van der Waals surface area contributed by atoms with Crippen molar-refractivity contribution in [2.75, 3.05) is 13.1 Å². The topological polar surface area (TPSA) is 127 Å². The predicted octanol–water partition coefficient (Wildman–Crippen LogP) is 2.35. The highest BCUT2D eigenvalue weighted by Gasteiger charge is 1.98. The van der Waals surface area contributed by atoms with Crippen LogP contribution in [-0.2, 0) is 9.59 Å². The molecule has 0 heterocycles. The Morgan fingerprint density at radius 2 is 0.857 bits per heavy atom. The second kappa shape index (κ2) is 18.9. The number of hydrogen-bond donors (Lipinski definition) is 4. The maximum absolute atomic E-state index is 10.1. The molecule has 0 saturated carbocycles. The van der Waals surface area contributed by atoms with Gasteiger partial charge in [0.15, 0.2) is 0 Å². The first-order valence-electron chi connectivity index (χ1n) is 7.88. The first-order chi connectivity index (χ1) is 10.0. The maximum Gasteiger partial charge on any atom is 0.303 e. The lowest BCUT2D eigenvalue weighted by molar-refractivity contribution is -0.138. The van der Waals surface area contributed by atoms with Crippen LogP contribution < -0.4 is 11.5 Å². The zero-order valence-electron chi connectivity index (χ0n) is 13.1. The Balaban J connectivity index is 0. The van der Waals surface area contributed by atoms with E-state index in [1.807, 2.05) is 0 Å². The highest BCUT2D eigenvalue weighted by molar-refractivity contribution is 5.66. The average molecular weight is 304 g/mol. The first-order valence-corrected chi connectivity index (χ1v) is 7.88. The molecule has 0 aliphatic heterocycles. The minimum Gasteiger partial charge on any atom is -0.481 e. The van der Waals surface area contributed by atoms with Gasteiger partial charge in [-0.2, -0.15) is 0 Å². The Bertz CT molecular complexity index is 224. The summed E-state index contributed by atoms with van der Waals surface area (Å²) in [6.07, 6.45) is 9.32. The van der Waals surface area contributed by atoms with Crippen molar-refractivity contribution in [2.24, 2.45) is 11.5 Å². The van der Waals surface area contributed by atoms with Crippen LogP contribution in [0.5, 0.6) is 0 Å². The number of carboxylic acids is 2. The van der Waals surface area contributed by atoms with Gasteiger partial charge in [-0.25, -0.2) is 0 Å². The molecule has 0 aromatic heterocycles. The third kappa shape index (κ3) is 27.9. The van der Waals surface area contributed by atoms with E-state index in [1.165, 1.54) is 12.8 Å². The fourth-order valence-corrected chi connectivity index (χ4v) is 1.73. The fourth-order valence-electron chi connectivity index (χ4n) is 1.73. The molecule has 126 valence electrons. The second-order valence-corrected chi connectivity index (χ2v) is 5.05. The number of nitrogens with two attached hydrogens (primary N) is 2. The molecule has 0 amide bonds. The zero-order chi connectivity index (χ0) is 16.3. The molecule has 0 rings (SSSR count). The zero-order valence-corrected chi connectivity index (χ0v) is 13.1. The summed E-state index contributed by atoms with van der Waals surface area (Å²) in [6.45, 7) is 1.65. The van der Waals surface area contributed by atoms with Gasteiger partial charge in [0.1, 0.15) is 0 Å². The van der Waals surface area contributed by atoms with Crippen molar-refractivity contribution < 1.29 is 19.8 Å². The molecule has 0 aromatic carbocycles. The summed E-state index contributed by atoms with van der Waals surface area (Å²) in [7, 11) is 0. The number of unbranched alkanes of at least 4 members (excludes halogenated alkanes) is 7. The van der Waals surface area contributed by atoms with Crippen LogP contribution in [0.15, 0.2) is 0 Å². The van der Waals surface area contributed by atoms with Gasteiger partial charge in [0.05, 0.1) is 0 Å². The Kier molecular flexibility index (Phi) is 19.9. The van der Waals surface area contributed by atoms with Crippen LogP contribution in [0, 0.1) is 0 Å². The normalized spacial score (nSPS) is 9.81. The van der Waals surface area contributed by atoms with Gasteiger partial charge in [0.2, 0.25) is 0 Å². The van der Waals surface area contributed by atoms with Gasteiger partial charge in [-0.1, -0.05) is 32.1 Å². The van der Waals surface area contributed by atoms with Crippen LogP contribution >= 0.6 is 0 Å². The van der Waals surface area contributed by atoms with Crippen molar-refractivity contribution in [3.63, 3.8) is 0 Å². The molecule has 0 aliphatic rings. The molecule has 0 fully saturated rings. The molecular weight excluding hydrogens is 272 g/mol. The molecule has 21 heavy (non-hydrogen) atoms. The summed E-state index contributed by atoms with van der Waals surface area (Å²) in [5.41, 5.74) is 10.6. The quantitative estimate of drug-likeness (QED) is 0.387. The number of carbonyl (C=O) groups is 2. The van der Waals surface area contributed by atoms with Crippen LogP contribution in [0.2, 0.25) is 0 Å². The van der Waals surface area contributed by atoms with E-state index >= 15 is 0 Å². The SMILES string of the molecule is NCCCCCCN.O=C(O)CCCCCCCC(=O)O. The van der Waals surface area contributed by atoms with Gasteiger partial charge in [0, 0.05) is 12.8 Å². The summed E-state index contributed by atoms with van der Waals surface area (Å²) in [4.78, 5) is 20.2. The summed E-state index contributed by atoms with van der Waals surface area (Å²) in [5, 5.41) is 16.6. The first kappa shape index (κ1) is 22.1. The number of carboxylic acid groups (broad SMARTS) is 2. The monoisotopic (exact) mass is 304 g/mol. The minimum atomic E-state index is -0.759. The lowest BCUT2D eigenvalue weighted by Gasteiger charge is -1.97. The fraction of sp³-hybridized carbons (Fsp3) is 0.867. The van der Waals surface area contributed by atoms with Crippen LogP contribution in [0.3, 0.4) is 0 Å². The Morgan fingerprint density at radius 3 is 1.14 bits per heavy atom. The van der Waals surface area contributed by atoms with Crippen molar-refractivity contribution in [1.82, 2.24) is 0 Å². The van der Waals surface area contributed by atoms with Gasteiger partial charge >= 0.3 is 11.9 Å². The summed E-state index contributed by atoms with van der Waals surface area (Å²) in [5.74, 6) is -1.52. The second-order valence-electron chi connectivity index (χ2n) is 5.05. The molecule has 0 unspecified atom stereocenters. The molecule has 0 aliphatic carbocycles. The summed E-state index contributed by atoms with van der Waals surface area (Å²) >= 11 is 0. The van der Waals surface area contributed by atoms with Gasteiger partial charge in [-0.3, -0.25) is 9.59 Å². The summed E-state index contributed by atoms with van der Waals surface area (Å²) in [6, 6.07) is 0. The molecule has 0 spiro atoms. The van der Waals surface area contributed by atoms with E-state index in [4.69, 9.17) is 21.7 Å². The maximum atomic E-state index is 10.1. The molecule has 6 nitrogen and oxygen atoms in total. The minimum absolute atomic E-state index is 0.221. The molecule has 0 aromatic rings. The van der Waals surface area contributed by atoms with E-state index in [0.29, 0.717) is 12.8 Å². The van der Waals surface area contributed by atoms with Gasteiger partial charge in [0.25, 0.3) is 0 Å². The van der Waals surface area contributed by atoms with Gasteiger partial charge in [-0.15, -0.1) is 0 Å². The molecular formula is C15H32N2O4. The van der Waals surface area contributed by atoms with Crippen LogP contribution in [0.1, 0.15) is 70.6 Å². The standard InChI is InChI=1S/C9H16O4.C6H16N2/c10-8(11)6-4-2-1-3-5-7-9(12)13;7-5-3-1-2-4-6-8/h1-7H2,(H,10,11)(H,12,13);1-8H2. The predicted molar refractivity (Wildman–Crippen MR) is 84.2 cm³/mol. The lowest BCUT2D eigenvalue weighted by atomic mass is 10.1. The summed E-state index contributed by atoms with van der Waals surface area (Å²) < 4.78 is 0. The highest BCUT2D eigenvalue weighted by atomic mass is 16.4. The van der Waals surface area contributed by atoms with Crippen LogP contribution in [0.4, 0.5) is 0 Å². The number of rotatable bonds is 13. The van der Waals surface area contributed by atoms with Crippen molar-refractivity contribution in [3.8, 4) is 0 Å². The highest BCUT2D eigenvalue weighted by Crippen LogP contribution is 2.06. The third-order valence-corrected chi connectivity index (χ3v) is 2.94. The van der Waals surface area contributed by atoms with Gasteiger partial charge in [-0.05, 0) is 38.8 Å². The molecule has 6 N–H and O–H groups in total. The van der Waals surface area contributed by atoms with E-state index in [9.17, 15) is 9.59 Å². The molecule has 0 atom stereocenters. The molecule has 6 heteroatoms. The number of hydrogen-bond acceptors (Lipinski definition) is 4. The van der Waals surface area contributed by atoms with E-state index < -0.39 is 11.9 Å². The molecule has 0 radical (unpaired) electrons. The lowest BCUT2D eigenvalue weighted by Crippen LogP contribution is -2.00. The van der Waals surface area contributed by atoms with Gasteiger partial charge < -0.3 is 21.7 Å². The van der Waals surface area contributed by atoms with Crippen molar-refractivity contribution >= 4 is 11.9 Å². The molecule has 0 bridgehead atoms. The Hall–Kier alpha value is -1.14. The van der Waals surface area contributed by atoms with E-state index in [-0.39, 0.29) is 12.8 Å². The third-order valence-electron chi connectivity index (χ3n) is 2.94. The van der Waals surface area contributed by atoms with E-state index in [2.05, 4.69) is 0 Å². The smallest absolute Gasteiger partial charge is 0.303 e.